The van der Waals surface area contributed by atoms with Crippen LogP contribution in [0, 0.1) is 11.8 Å². The molecule has 0 spiro atoms. The van der Waals surface area contributed by atoms with Crippen molar-refractivity contribution in [2.24, 2.45) is 11.8 Å². The van der Waals surface area contributed by atoms with Crippen LogP contribution in [0.4, 0.5) is 0 Å². The van der Waals surface area contributed by atoms with Crippen LogP contribution < -0.4 is 9.47 Å². The molecule has 2 fully saturated rings. The number of carboxylic acids is 1. The number of hydrogen-bond donors (Lipinski definition) is 1. The van der Waals surface area contributed by atoms with Gasteiger partial charge in [0.2, 0.25) is 11.8 Å². The van der Waals surface area contributed by atoms with E-state index in [1.54, 1.807) is 0 Å². The summed E-state index contributed by atoms with van der Waals surface area (Å²) >= 11 is 0. The smallest absolute Gasteiger partial charge is 0.306 e. The van der Waals surface area contributed by atoms with E-state index in [4.69, 9.17) is 24.2 Å². The Hall–Kier alpha value is -5.49. The van der Waals surface area contributed by atoms with Crippen molar-refractivity contribution in [3.63, 3.8) is 0 Å². The average molecular weight is 1000 g/mol. The molecule has 4 aliphatic heterocycles. The Morgan fingerprint density at radius 3 is 1.47 bits per heavy atom. The van der Waals surface area contributed by atoms with Crippen LogP contribution in [0.25, 0.3) is 0 Å². The number of methoxy groups -OCH3 is 1. The molecule has 0 bridgehead atoms. The van der Waals surface area contributed by atoms with Crippen molar-refractivity contribution in [1.29, 1.82) is 0 Å². The summed E-state index contributed by atoms with van der Waals surface area (Å²) in [6.07, 6.45) is 19.8. The van der Waals surface area contributed by atoms with Gasteiger partial charge < -0.3 is 29.1 Å². The zero-order valence-corrected chi connectivity index (χ0v) is 43.2. The molecular weight excluding hydrogens is 928 g/mol. The third-order valence-corrected chi connectivity index (χ3v) is 16.3. The maximum Gasteiger partial charge on any atom is 0.306 e. The second-order valence-corrected chi connectivity index (χ2v) is 20.9. The maximum absolute atomic E-state index is 12.9. The fourth-order valence-electron chi connectivity index (χ4n) is 12.2. The highest BCUT2D eigenvalue weighted by molar-refractivity contribution is 5.85. The van der Waals surface area contributed by atoms with Crippen molar-refractivity contribution in [2.45, 2.75) is 153 Å². The zero-order valence-electron chi connectivity index (χ0n) is 42.4. The number of halogens is 1. The quantitative estimate of drug-likeness (QED) is 0.108. The fourth-order valence-corrected chi connectivity index (χ4v) is 12.2. The summed E-state index contributed by atoms with van der Waals surface area (Å²) in [6, 6.07) is 21.3. The van der Waals surface area contributed by atoms with Crippen LogP contribution in [-0.4, -0.2) is 95.1 Å². The summed E-state index contributed by atoms with van der Waals surface area (Å²) in [7, 11) is 1.45. The molecule has 2 aromatic heterocycles. The Morgan fingerprint density at radius 1 is 0.597 bits per heavy atom. The number of aliphatic carboxylic acids is 1. The van der Waals surface area contributed by atoms with Crippen molar-refractivity contribution in [1.82, 2.24) is 19.8 Å². The first-order chi connectivity index (χ1) is 34.7. The first kappa shape index (κ1) is 52.8. The van der Waals surface area contributed by atoms with Crippen molar-refractivity contribution in [3.05, 3.63) is 117 Å². The summed E-state index contributed by atoms with van der Waals surface area (Å²) in [5.74, 6) is 1.97. The minimum absolute atomic E-state index is 0. The highest BCUT2D eigenvalue weighted by atomic mass is 35.5. The largest absolute Gasteiger partial charge is 0.493 e. The number of likely N-dealkylation sites (tertiary alicyclic amines) is 2. The maximum atomic E-state index is 12.9. The number of carbonyl (C=O) groups excluding carboxylic acids is 3. The standard InChI is InChI=1S/C30H38N2O4.C29H36N2O4.ClH/c1-35-30(34)20-26(24-10-9-23-15-18-36-28(23)19-24)21-13-16-32(17-14-21)29(33)8-4-6-25-12-11-22-5-2-3-7-27(22)31-25;32-28(7-3-5-24-11-10-21-4-1-2-6-26(21)30-24)31-15-12-20(13-16-31)25(19-29(33)34)23-9-8-22-14-17-35-27(22)18-23;/h9-12,19,21,26H,2-8,13-18,20H2,1H3;8-11,18,20,25H,1-7,12-17,19H2,(H,33,34);1H. The highest BCUT2D eigenvalue weighted by Crippen LogP contribution is 2.40. The molecule has 2 atom stereocenters. The number of fused-ring (bicyclic) bond motifs is 4. The number of pyridine rings is 2. The number of ether oxygens (including phenoxy) is 3. The molecule has 2 aliphatic carbocycles. The van der Waals surface area contributed by atoms with E-state index in [0.717, 1.165) is 144 Å². The van der Waals surface area contributed by atoms with E-state index in [1.807, 2.05) is 15.9 Å². The van der Waals surface area contributed by atoms with E-state index in [0.29, 0.717) is 44.9 Å². The Balaban J connectivity index is 0.000000190. The van der Waals surface area contributed by atoms with Crippen LogP contribution in [0.15, 0.2) is 60.7 Å². The van der Waals surface area contributed by atoms with Crippen molar-refractivity contribution < 1.29 is 38.5 Å². The number of piperidine rings is 2. The topological polar surface area (TPSA) is 148 Å². The monoisotopic (exact) mass is 1000 g/mol. The molecule has 72 heavy (non-hydrogen) atoms. The number of carbonyl (C=O) groups is 4. The van der Waals surface area contributed by atoms with Gasteiger partial charge in [-0.2, -0.15) is 0 Å². The van der Waals surface area contributed by atoms with Crippen molar-refractivity contribution in [2.75, 3.05) is 46.5 Å². The molecule has 2 unspecified atom stereocenters. The molecule has 10 rings (SSSR count). The molecule has 2 saturated heterocycles. The van der Waals surface area contributed by atoms with Crippen molar-refractivity contribution in [3.8, 4) is 11.5 Å². The minimum Gasteiger partial charge on any atom is -0.493 e. The average Bonchev–Trinajstić information content (AvgIpc) is 4.09. The molecule has 386 valence electrons. The normalized spacial score (nSPS) is 18.1. The Bertz CT molecular complexity index is 2520. The third-order valence-electron chi connectivity index (χ3n) is 16.3. The van der Waals surface area contributed by atoms with E-state index in [-0.39, 0.29) is 54.4 Å². The fraction of sp³-hybridized carbons (Fsp3) is 0.559. The Kier molecular flexibility index (Phi) is 18.7. The number of rotatable bonds is 16. The second-order valence-electron chi connectivity index (χ2n) is 20.9. The lowest BCUT2D eigenvalue weighted by atomic mass is 9.78. The minimum atomic E-state index is -0.772. The van der Waals surface area contributed by atoms with Gasteiger partial charge in [0.15, 0.2) is 0 Å². The van der Waals surface area contributed by atoms with Crippen LogP contribution in [0.2, 0.25) is 0 Å². The zero-order chi connectivity index (χ0) is 49.1. The van der Waals surface area contributed by atoms with Gasteiger partial charge >= 0.3 is 11.9 Å². The summed E-state index contributed by atoms with van der Waals surface area (Å²) in [5.41, 5.74) is 12.2. The molecule has 2 amide bonds. The van der Waals surface area contributed by atoms with E-state index < -0.39 is 5.97 Å². The molecule has 13 heteroatoms. The SMILES string of the molecule is COC(=O)CC(c1ccc2c(c1)OCC2)C1CCN(C(=O)CCCc2ccc3c(n2)CCCC3)CC1.Cl.O=C(O)CC(c1ccc2c(c1)OCC2)C1CCN(C(=O)CCCc2ccc3c(n2)CCCC3)CC1. The Morgan fingerprint density at radius 2 is 1.03 bits per heavy atom. The van der Waals surface area contributed by atoms with Gasteiger partial charge in [-0.05, 0) is 184 Å². The number of hydrogen-bond acceptors (Lipinski definition) is 9. The molecule has 6 heterocycles. The van der Waals surface area contributed by atoms with Gasteiger partial charge in [-0.25, -0.2) is 0 Å². The molecule has 0 radical (unpaired) electrons. The molecule has 4 aromatic rings. The predicted octanol–water partition coefficient (Wildman–Crippen LogP) is 9.94. The molecular formula is C59H75ClN4O8. The van der Waals surface area contributed by atoms with E-state index in [9.17, 15) is 24.3 Å². The van der Waals surface area contributed by atoms with Gasteiger partial charge in [-0.3, -0.25) is 29.1 Å². The number of aromatic nitrogens is 2. The first-order valence-electron chi connectivity index (χ1n) is 27.0. The number of carboxylic acid groups (broad SMARTS) is 1. The lowest BCUT2D eigenvalue weighted by molar-refractivity contribution is -0.142. The first-order valence-corrected chi connectivity index (χ1v) is 27.0. The lowest BCUT2D eigenvalue weighted by Gasteiger charge is -2.36. The van der Waals surface area contributed by atoms with Crippen LogP contribution in [0.1, 0.15) is 158 Å². The van der Waals surface area contributed by atoms with Gasteiger partial charge in [0, 0.05) is 74.6 Å². The number of amides is 2. The molecule has 2 aromatic carbocycles. The Labute approximate surface area is 432 Å². The van der Waals surface area contributed by atoms with Gasteiger partial charge in [0.05, 0.1) is 33.2 Å². The summed E-state index contributed by atoms with van der Waals surface area (Å²) in [4.78, 5) is 63.4. The van der Waals surface area contributed by atoms with Gasteiger partial charge in [-0.1, -0.05) is 36.4 Å². The van der Waals surface area contributed by atoms with Gasteiger partial charge in [0.1, 0.15) is 11.5 Å². The van der Waals surface area contributed by atoms with Crippen LogP contribution >= 0.6 is 12.4 Å². The summed E-state index contributed by atoms with van der Waals surface area (Å²) < 4.78 is 16.5. The third kappa shape index (κ3) is 13.6. The summed E-state index contributed by atoms with van der Waals surface area (Å²) in [6.45, 7) is 4.34. The number of nitrogens with zero attached hydrogens (tertiary/aromatic N) is 4. The summed E-state index contributed by atoms with van der Waals surface area (Å²) in [5, 5.41) is 9.57. The molecule has 1 N–H and O–H groups in total. The lowest BCUT2D eigenvalue weighted by Crippen LogP contribution is -2.40. The molecule has 12 nitrogen and oxygen atoms in total. The molecule has 0 saturated carbocycles. The van der Waals surface area contributed by atoms with Gasteiger partial charge in [0.25, 0.3) is 0 Å². The predicted molar refractivity (Wildman–Crippen MR) is 279 cm³/mol. The second kappa shape index (κ2) is 25.4. The van der Waals surface area contributed by atoms with E-state index in [2.05, 4.69) is 54.6 Å². The molecule has 6 aliphatic rings. The van der Waals surface area contributed by atoms with Crippen LogP contribution in [0.5, 0.6) is 11.5 Å². The van der Waals surface area contributed by atoms with Crippen LogP contribution in [0.3, 0.4) is 0 Å². The number of aryl methyl sites for hydroxylation is 6. The van der Waals surface area contributed by atoms with E-state index in [1.165, 1.54) is 66.4 Å². The van der Waals surface area contributed by atoms with Gasteiger partial charge in [-0.15, -0.1) is 12.4 Å². The van der Waals surface area contributed by atoms with Crippen molar-refractivity contribution >= 4 is 36.2 Å². The van der Waals surface area contributed by atoms with E-state index >= 15 is 0 Å². The number of esters is 1. The highest BCUT2D eigenvalue weighted by Gasteiger charge is 2.34. The number of benzene rings is 2. The van der Waals surface area contributed by atoms with Crippen LogP contribution in [-0.2, 0) is 75.3 Å².